The number of ether oxygens (including phenoxy) is 2. The van der Waals surface area contributed by atoms with Gasteiger partial charge in [0.2, 0.25) is 0 Å². The van der Waals surface area contributed by atoms with Crippen molar-refractivity contribution in [1.82, 2.24) is 0 Å². The van der Waals surface area contributed by atoms with Crippen LogP contribution in [-0.4, -0.2) is 12.6 Å². The lowest BCUT2D eigenvalue weighted by Gasteiger charge is -2.12. The molecule has 0 N–H and O–H groups in total. The number of hydrogen-bond donors (Lipinski definition) is 0. The molecule has 0 saturated heterocycles. The first-order valence-electron chi connectivity index (χ1n) is 7.87. The van der Waals surface area contributed by atoms with E-state index in [1.807, 2.05) is 32.9 Å². The molecule has 128 valence electrons. The molecule has 25 heavy (non-hydrogen) atoms. The summed E-state index contributed by atoms with van der Waals surface area (Å²) in [6, 6.07) is 11.9. The summed E-state index contributed by atoms with van der Waals surface area (Å²) in [7, 11) is 0. The Labute approximate surface area is 144 Å². The lowest BCUT2D eigenvalue weighted by Crippen LogP contribution is -2.18. The van der Waals surface area contributed by atoms with Crippen molar-refractivity contribution in [3.63, 3.8) is 0 Å². The molecule has 0 fully saturated rings. The van der Waals surface area contributed by atoms with Crippen LogP contribution in [0.3, 0.4) is 0 Å². The molecule has 5 heteroatoms. The van der Waals surface area contributed by atoms with Crippen LogP contribution in [0.1, 0.15) is 16.7 Å². The Morgan fingerprint density at radius 1 is 1.00 bits per heavy atom. The van der Waals surface area contributed by atoms with Crippen molar-refractivity contribution in [1.29, 1.82) is 0 Å². The van der Waals surface area contributed by atoms with E-state index >= 15 is 0 Å². The van der Waals surface area contributed by atoms with Crippen LogP contribution >= 0.6 is 0 Å². The van der Waals surface area contributed by atoms with Crippen LogP contribution in [0, 0.1) is 20.8 Å². The molecule has 0 amide bonds. The summed E-state index contributed by atoms with van der Waals surface area (Å²) in [6.45, 7) is 5.68. The van der Waals surface area contributed by atoms with E-state index in [-0.39, 0.29) is 6.61 Å². The minimum atomic E-state index is -0.531. The molecule has 0 aliphatic heterocycles. The Bertz CT molecular complexity index is 977. The topological polar surface area (TPSA) is 65.7 Å². The van der Waals surface area contributed by atoms with E-state index in [2.05, 4.69) is 0 Å². The van der Waals surface area contributed by atoms with Gasteiger partial charge in [-0.25, -0.2) is 9.59 Å². The molecule has 1 heterocycles. The van der Waals surface area contributed by atoms with Crippen LogP contribution in [0.15, 0.2) is 51.7 Å². The van der Waals surface area contributed by atoms with Crippen LogP contribution in [-0.2, 0) is 4.79 Å². The van der Waals surface area contributed by atoms with Gasteiger partial charge in [-0.2, -0.15) is 0 Å². The molecule has 2 aromatic carbocycles. The van der Waals surface area contributed by atoms with E-state index in [0.717, 1.165) is 22.1 Å². The van der Waals surface area contributed by atoms with E-state index in [9.17, 15) is 9.59 Å². The maximum atomic E-state index is 12.0. The summed E-state index contributed by atoms with van der Waals surface area (Å²) in [5, 5.41) is 0.751. The quantitative estimate of drug-likeness (QED) is 0.412. The van der Waals surface area contributed by atoms with Crippen molar-refractivity contribution >= 4 is 16.9 Å². The van der Waals surface area contributed by atoms with Crippen LogP contribution in [0.5, 0.6) is 11.5 Å². The average Bonchev–Trinajstić information content (AvgIpc) is 2.53. The van der Waals surface area contributed by atoms with Gasteiger partial charge in [-0.15, -0.1) is 0 Å². The number of rotatable bonds is 4. The summed E-state index contributed by atoms with van der Waals surface area (Å²) in [5.74, 6) is 0.455. The third-order valence-corrected chi connectivity index (χ3v) is 3.77. The fraction of sp³-hybridized carbons (Fsp3) is 0.200. The summed E-state index contributed by atoms with van der Waals surface area (Å²) in [5.41, 5.74) is 2.99. The predicted octanol–water partition coefficient (Wildman–Crippen LogP) is 3.70. The summed E-state index contributed by atoms with van der Waals surface area (Å²) in [6.07, 6.45) is 0. The fourth-order valence-corrected chi connectivity index (χ4v) is 2.79. The highest BCUT2D eigenvalue weighted by molar-refractivity contribution is 5.80. The van der Waals surface area contributed by atoms with Crippen LogP contribution in [0.25, 0.3) is 11.0 Å². The SMILES string of the molecule is Cc1cc(C)c(OCC(=O)Oc2ccc3ccc(=O)oc3c2)c(C)c1. The van der Waals surface area contributed by atoms with E-state index < -0.39 is 11.6 Å². The highest BCUT2D eigenvalue weighted by Crippen LogP contribution is 2.25. The first kappa shape index (κ1) is 16.8. The Morgan fingerprint density at radius 3 is 2.40 bits per heavy atom. The fourth-order valence-electron chi connectivity index (χ4n) is 2.79. The largest absolute Gasteiger partial charge is 0.481 e. The van der Waals surface area contributed by atoms with Gasteiger partial charge in [-0.3, -0.25) is 0 Å². The third kappa shape index (κ3) is 3.88. The Kier molecular flexibility index (Phi) is 4.57. The second-order valence-corrected chi connectivity index (χ2v) is 5.94. The molecule has 0 radical (unpaired) electrons. The number of aryl methyl sites for hydroxylation is 3. The molecule has 0 atom stereocenters. The van der Waals surface area contributed by atoms with Gasteiger partial charge in [0.15, 0.2) is 6.61 Å². The zero-order valence-corrected chi connectivity index (χ0v) is 14.3. The smallest absolute Gasteiger partial charge is 0.349 e. The van der Waals surface area contributed by atoms with Gasteiger partial charge in [0, 0.05) is 17.5 Å². The lowest BCUT2D eigenvalue weighted by atomic mass is 10.1. The lowest BCUT2D eigenvalue weighted by molar-refractivity contribution is -0.136. The standard InChI is InChI=1S/C20H18O5/c1-12-8-13(2)20(14(3)9-12)23-11-19(22)24-16-6-4-15-5-7-18(21)25-17(15)10-16/h4-10H,11H2,1-3H3. The number of esters is 1. The van der Waals surface area contributed by atoms with Crippen molar-refractivity contribution in [2.45, 2.75) is 20.8 Å². The van der Waals surface area contributed by atoms with Crippen molar-refractivity contribution < 1.29 is 18.7 Å². The molecule has 0 bridgehead atoms. The van der Waals surface area contributed by atoms with E-state index in [1.54, 1.807) is 18.2 Å². The Morgan fingerprint density at radius 2 is 1.68 bits per heavy atom. The number of carbonyl (C=O) groups is 1. The second-order valence-electron chi connectivity index (χ2n) is 5.94. The van der Waals surface area contributed by atoms with Gasteiger partial charge >= 0.3 is 11.6 Å². The minimum Gasteiger partial charge on any atom is -0.481 e. The van der Waals surface area contributed by atoms with Crippen molar-refractivity contribution in [3.05, 3.63) is 69.6 Å². The first-order valence-corrected chi connectivity index (χ1v) is 7.87. The molecule has 0 unspecified atom stereocenters. The van der Waals surface area contributed by atoms with Gasteiger partial charge in [-0.05, 0) is 50.1 Å². The van der Waals surface area contributed by atoms with Crippen LogP contribution in [0.4, 0.5) is 0 Å². The molecular formula is C20H18O5. The highest BCUT2D eigenvalue weighted by atomic mass is 16.6. The molecule has 1 aromatic heterocycles. The van der Waals surface area contributed by atoms with Gasteiger partial charge < -0.3 is 13.9 Å². The number of fused-ring (bicyclic) bond motifs is 1. The maximum absolute atomic E-state index is 12.0. The third-order valence-electron chi connectivity index (χ3n) is 3.77. The normalized spacial score (nSPS) is 10.7. The number of hydrogen-bond acceptors (Lipinski definition) is 5. The highest BCUT2D eigenvalue weighted by Gasteiger charge is 2.11. The molecule has 0 aliphatic rings. The summed E-state index contributed by atoms with van der Waals surface area (Å²) < 4.78 is 16.0. The van der Waals surface area contributed by atoms with E-state index in [1.165, 1.54) is 12.1 Å². The first-order chi connectivity index (χ1) is 11.9. The van der Waals surface area contributed by atoms with Gasteiger partial charge in [-0.1, -0.05) is 17.7 Å². The Hall–Kier alpha value is -3.08. The van der Waals surface area contributed by atoms with Gasteiger partial charge in [0.25, 0.3) is 0 Å². The van der Waals surface area contributed by atoms with Crippen molar-refractivity contribution in [3.8, 4) is 11.5 Å². The monoisotopic (exact) mass is 338 g/mol. The maximum Gasteiger partial charge on any atom is 0.349 e. The van der Waals surface area contributed by atoms with Crippen LogP contribution < -0.4 is 15.1 Å². The Balaban J connectivity index is 1.70. The molecule has 5 nitrogen and oxygen atoms in total. The van der Waals surface area contributed by atoms with Crippen LogP contribution in [0.2, 0.25) is 0 Å². The zero-order chi connectivity index (χ0) is 18.0. The molecular weight excluding hydrogens is 320 g/mol. The molecule has 0 spiro atoms. The number of benzene rings is 2. The van der Waals surface area contributed by atoms with Gasteiger partial charge in [0.05, 0.1) is 0 Å². The molecule has 0 aliphatic carbocycles. The van der Waals surface area contributed by atoms with Crippen molar-refractivity contribution in [2.24, 2.45) is 0 Å². The number of carbonyl (C=O) groups excluding carboxylic acids is 1. The van der Waals surface area contributed by atoms with E-state index in [0.29, 0.717) is 17.1 Å². The minimum absolute atomic E-state index is 0.207. The molecule has 3 aromatic rings. The predicted molar refractivity (Wildman–Crippen MR) is 94.3 cm³/mol. The summed E-state index contributed by atoms with van der Waals surface area (Å²) in [4.78, 5) is 23.3. The second kappa shape index (κ2) is 6.81. The average molecular weight is 338 g/mol. The van der Waals surface area contributed by atoms with E-state index in [4.69, 9.17) is 13.9 Å². The summed E-state index contributed by atoms with van der Waals surface area (Å²) >= 11 is 0. The zero-order valence-electron chi connectivity index (χ0n) is 14.3. The van der Waals surface area contributed by atoms with Crippen molar-refractivity contribution in [2.75, 3.05) is 6.61 Å². The van der Waals surface area contributed by atoms with Gasteiger partial charge in [0.1, 0.15) is 17.1 Å². The molecule has 0 saturated carbocycles. The molecule has 3 rings (SSSR count).